The van der Waals surface area contributed by atoms with E-state index in [1.54, 1.807) is 26.4 Å². The molecule has 0 aliphatic carbocycles. The number of benzene rings is 3. The number of carbonyl (C=O) groups excluding carboxylic acids is 2. The summed E-state index contributed by atoms with van der Waals surface area (Å²) >= 11 is 0. The third kappa shape index (κ3) is 4.46. The number of ether oxygens (including phenoxy) is 2. The zero-order chi connectivity index (χ0) is 23.4. The minimum Gasteiger partial charge on any atom is -0.497 e. The van der Waals surface area contributed by atoms with Gasteiger partial charge in [-0.3, -0.25) is 14.5 Å². The van der Waals surface area contributed by atoms with Crippen molar-refractivity contribution in [2.24, 2.45) is 0 Å². The lowest BCUT2D eigenvalue weighted by molar-refractivity contribution is -0.137. The summed E-state index contributed by atoms with van der Waals surface area (Å²) < 4.78 is 10.7. The number of amides is 2. The number of aryl methyl sites for hydroxylation is 1. The highest BCUT2D eigenvalue weighted by atomic mass is 16.5. The second-order valence-corrected chi connectivity index (χ2v) is 7.67. The van der Waals surface area contributed by atoms with E-state index < -0.39 is 0 Å². The molecule has 2 amide bonds. The Morgan fingerprint density at radius 2 is 1.45 bits per heavy atom. The molecule has 0 fully saturated rings. The Morgan fingerprint density at radius 1 is 0.788 bits per heavy atom. The first-order valence-corrected chi connectivity index (χ1v) is 10.8. The fourth-order valence-corrected chi connectivity index (χ4v) is 3.82. The third-order valence-corrected chi connectivity index (χ3v) is 5.68. The van der Waals surface area contributed by atoms with E-state index >= 15 is 0 Å². The van der Waals surface area contributed by atoms with E-state index in [0.717, 1.165) is 17.7 Å². The van der Waals surface area contributed by atoms with Gasteiger partial charge in [-0.25, -0.2) is 0 Å². The van der Waals surface area contributed by atoms with E-state index in [0.29, 0.717) is 22.6 Å². The second-order valence-electron chi connectivity index (χ2n) is 7.67. The molecule has 4 rings (SSSR count). The van der Waals surface area contributed by atoms with Crippen LogP contribution in [0.1, 0.15) is 23.6 Å². The predicted molar refractivity (Wildman–Crippen MR) is 128 cm³/mol. The summed E-state index contributed by atoms with van der Waals surface area (Å²) in [7, 11) is 3.14. The molecule has 0 bridgehead atoms. The van der Waals surface area contributed by atoms with Crippen LogP contribution in [0.3, 0.4) is 0 Å². The van der Waals surface area contributed by atoms with Gasteiger partial charge >= 0.3 is 0 Å². The maximum absolute atomic E-state index is 13.5. The van der Waals surface area contributed by atoms with Gasteiger partial charge in [-0.1, -0.05) is 49.4 Å². The van der Waals surface area contributed by atoms with Crippen molar-refractivity contribution in [1.29, 1.82) is 0 Å². The van der Waals surface area contributed by atoms with Crippen molar-refractivity contribution in [2.45, 2.75) is 19.9 Å². The number of hydrogen-bond donors (Lipinski definition) is 1. The highest BCUT2D eigenvalue weighted by Gasteiger charge is 2.40. The summed E-state index contributed by atoms with van der Waals surface area (Å²) in [6, 6.07) is 22.4. The average molecular weight is 443 g/mol. The molecule has 0 atom stereocenters. The molecule has 1 aliphatic rings. The van der Waals surface area contributed by atoms with Crippen molar-refractivity contribution in [2.75, 3.05) is 19.5 Å². The Morgan fingerprint density at radius 3 is 2.09 bits per heavy atom. The maximum atomic E-state index is 13.5. The van der Waals surface area contributed by atoms with Gasteiger partial charge in [0.05, 0.1) is 26.3 Å². The van der Waals surface area contributed by atoms with Gasteiger partial charge in [0.15, 0.2) is 0 Å². The molecule has 33 heavy (non-hydrogen) atoms. The lowest BCUT2D eigenvalue weighted by Gasteiger charge is -2.16. The van der Waals surface area contributed by atoms with E-state index in [1.807, 2.05) is 60.7 Å². The van der Waals surface area contributed by atoms with Crippen molar-refractivity contribution in [1.82, 2.24) is 4.90 Å². The third-order valence-electron chi connectivity index (χ3n) is 5.68. The fraction of sp³-hybridized carbons (Fsp3) is 0.185. The molecule has 0 saturated carbocycles. The van der Waals surface area contributed by atoms with Crippen molar-refractivity contribution >= 4 is 23.1 Å². The number of imide groups is 1. The molecule has 1 heterocycles. The first-order chi connectivity index (χ1) is 16.0. The van der Waals surface area contributed by atoms with Crippen LogP contribution < -0.4 is 14.8 Å². The van der Waals surface area contributed by atoms with Crippen LogP contribution >= 0.6 is 0 Å². The summed E-state index contributed by atoms with van der Waals surface area (Å²) in [4.78, 5) is 28.3. The SMILES string of the molecule is CCc1ccc(NC2=C(c3ccccc3OC)C(=O)N(Cc3ccc(OC)cc3)C2=O)cc1. The van der Waals surface area contributed by atoms with Gasteiger partial charge < -0.3 is 14.8 Å². The van der Waals surface area contributed by atoms with Gasteiger partial charge in [-0.05, 0) is 47.9 Å². The molecule has 1 N–H and O–H groups in total. The van der Waals surface area contributed by atoms with Crippen LogP contribution in [0.15, 0.2) is 78.5 Å². The number of hydrogen-bond acceptors (Lipinski definition) is 5. The number of para-hydroxylation sites is 1. The van der Waals surface area contributed by atoms with Gasteiger partial charge in [-0.2, -0.15) is 0 Å². The Kier molecular flexibility index (Phi) is 6.45. The Labute approximate surface area is 193 Å². The fourth-order valence-electron chi connectivity index (χ4n) is 3.82. The summed E-state index contributed by atoms with van der Waals surface area (Å²) in [5.41, 5.74) is 3.86. The van der Waals surface area contributed by atoms with Gasteiger partial charge in [0.25, 0.3) is 11.8 Å². The molecule has 1 aliphatic heterocycles. The molecule has 0 aromatic heterocycles. The number of anilines is 1. The normalized spacial score (nSPS) is 13.5. The smallest absolute Gasteiger partial charge is 0.278 e. The molecule has 0 unspecified atom stereocenters. The van der Waals surface area contributed by atoms with Crippen LogP contribution in [0, 0.1) is 0 Å². The van der Waals surface area contributed by atoms with Crippen molar-refractivity contribution < 1.29 is 19.1 Å². The van der Waals surface area contributed by atoms with Crippen LogP contribution in [0.2, 0.25) is 0 Å². The number of carbonyl (C=O) groups is 2. The largest absolute Gasteiger partial charge is 0.497 e. The minimum absolute atomic E-state index is 0.153. The second kappa shape index (κ2) is 9.61. The molecular weight excluding hydrogens is 416 g/mol. The lowest BCUT2D eigenvalue weighted by Crippen LogP contribution is -2.32. The number of methoxy groups -OCH3 is 2. The molecule has 0 radical (unpaired) electrons. The van der Waals surface area contributed by atoms with Crippen LogP contribution in [-0.4, -0.2) is 30.9 Å². The van der Waals surface area contributed by atoms with Gasteiger partial charge in [0.2, 0.25) is 0 Å². The summed E-state index contributed by atoms with van der Waals surface area (Å²) in [5.74, 6) is 0.494. The number of nitrogens with one attached hydrogen (secondary N) is 1. The zero-order valence-corrected chi connectivity index (χ0v) is 18.9. The lowest BCUT2D eigenvalue weighted by atomic mass is 10.0. The first kappa shape index (κ1) is 22.1. The quantitative estimate of drug-likeness (QED) is 0.514. The van der Waals surface area contributed by atoms with Crippen molar-refractivity contribution in [3.05, 3.63) is 95.2 Å². The van der Waals surface area contributed by atoms with Crippen LogP contribution in [0.25, 0.3) is 5.57 Å². The minimum atomic E-state index is -0.378. The molecule has 6 heteroatoms. The number of nitrogens with zero attached hydrogens (tertiary/aromatic N) is 1. The van der Waals surface area contributed by atoms with Gasteiger partial charge in [-0.15, -0.1) is 0 Å². The highest BCUT2D eigenvalue weighted by molar-refractivity contribution is 6.36. The Hall–Kier alpha value is -4.06. The molecule has 0 spiro atoms. The highest BCUT2D eigenvalue weighted by Crippen LogP contribution is 2.36. The van der Waals surface area contributed by atoms with Crippen molar-refractivity contribution in [3.63, 3.8) is 0 Å². The van der Waals surface area contributed by atoms with Gasteiger partial charge in [0, 0.05) is 11.3 Å². The van der Waals surface area contributed by atoms with E-state index in [9.17, 15) is 9.59 Å². The number of rotatable bonds is 8. The van der Waals surface area contributed by atoms with Crippen LogP contribution in [-0.2, 0) is 22.6 Å². The van der Waals surface area contributed by atoms with Crippen LogP contribution in [0.4, 0.5) is 5.69 Å². The van der Waals surface area contributed by atoms with Gasteiger partial charge in [0.1, 0.15) is 17.2 Å². The van der Waals surface area contributed by atoms with E-state index in [-0.39, 0.29) is 24.1 Å². The predicted octanol–water partition coefficient (Wildman–Crippen LogP) is 4.66. The topological polar surface area (TPSA) is 67.9 Å². The molecule has 0 saturated heterocycles. The monoisotopic (exact) mass is 442 g/mol. The molecular formula is C27H26N2O4. The van der Waals surface area contributed by atoms with Crippen LogP contribution in [0.5, 0.6) is 11.5 Å². The van der Waals surface area contributed by atoms with E-state index in [2.05, 4.69) is 12.2 Å². The first-order valence-electron chi connectivity index (χ1n) is 10.8. The molecule has 3 aromatic carbocycles. The van der Waals surface area contributed by atoms with Crippen molar-refractivity contribution in [3.8, 4) is 11.5 Å². The average Bonchev–Trinajstić information content (AvgIpc) is 3.09. The van der Waals surface area contributed by atoms with E-state index in [4.69, 9.17) is 9.47 Å². The summed E-state index contributed by atoms with van der Waals surface area (Å²) in [5, 5.41) is 3.20. The molecule has 6 nitrogen and oxygen atoms in total. The van der Waals surface area contributed by atoms with E-state index in [1.165, 1.54) is 10.5 Å². The summed E-state index contributed by atoms with van der Waals surface area (Å²) in [6.45, 7) is 2.24. The Bertz CT molecular complexity index is 1200. The maximum Gasteiger partial charge on any atom is 0.278 e. The summed E-state index contributed by atoms with van der Waals surface area (Å²) in [6.07, 6.45) is 0.919. The zero-order valence-electron chi connectivity index (χ0n) is 18.9. The molecule has 3 aromatic rings. The standard InChI is InChI=1S/C27H26N2O4/c1-4-18-9-13-20(14-10-18)28-25-24(22-7-5-6-8-23(22)33-3)26(30)29(27(25)31)17-19-11-15-21(32-2)16-12-19/h5-16,28H,4,17H2,1-3H3. The Balaban J connectivity index is 1.73. The molecule has 168 valence electrons.